The van der Waals surface area contributed by atoms with Crippen LogP contribution in [0.2, 0.25) is 0 Å². The van der Waals surface area contributed by atoms with Crippen LogP contribution in [0.15, 0.2) is 36.4 Å². The summed E-state index contributed by atoms with van der Waals surface area (Å²) in [6.45, 7) is 2.36. The van der Waals surface area contributed by atoms with Gasteiger partial charge in [0.15, 0.2) is 6.61 Å². The number of fused-ring (bicyclic) bond motifs is 1. The molecule has 0 atom stereocenters. The highest BCUT2D eigenvalue weighted by Crippen LogP contribution is 2.29. The van der Waals surface area contributed by atoms with Gasteiger partial charge in [-0.3, -0.25) is 4.79 Å². The molecule has 1 heterocycles. The van der Waals surface area contributed by atoms with Gasteiger partial charge in [0.25, 0.3) is 5.91 Å². The quantitative estimate of drug-likeness (QED) is 0.911. The van der Waals surface area contributed by atoms with Gasteiger partial charge in [0.2, 0.25) is 0 Å². The van der Waals surface area contributed by atoms with Gasteiger partial charge in [-0.1, -0.05) is 18.2 Å². The minimum atomic E-state index is -0.274. The van der Waals surface area contributed by atoms with Crippen LogP contribution in [0.1, 0.15) is 11.1 Å². The van der Waals surface area contributed by atoms with Gasteiger partial charge in [-0.2, -0.15) is 0 Å². The fourth-order valence-electron chi connectivity index (χ4n) is 2.29. The minimum absolute atomic E-state index is 0.0407. The normalized spacial score (nSPS) is 13.1. The Kier molecular flexibility index (Phi) is 3.48. The fraction of sp³-hybridized carbons (Fsp3) is 0.188. The van der Waals surface area contributed by atoms with E-state index in [1.165, 1.54) is 6.07 Å². The maximum Gasteiger partial charge on any atom is 0.262 e. The number of nitrogens with one attached hydrogen (secondary N) is 2. The Labute approximate surface area is 121 Å². The first kappa shape index (κ1) is 13.4. The van der Waals surface area contributed by atoms with Gasteiger partial charge < -0.3 is 15.4 Å². The third kappa shape index (κ3) is 2.81. The Morgan fingerprint density at radius 2 is 2.19 bits per heavy atom. The van der Waals surface area contributed by atoms with Gasteiger partial charge in [0.05, 0.1) is 11.4 Å². The number of anilines is 2. The zero-order valence-corrected chi connectivity index (χ0v) is 11.6. The Morgan fingerprint density at radius 3 is 3.00 bits per heavy atom. The highest BCUT2D eigenvalue weighted by atomic mass is 19.1. The van der Waals surface area contributed by atoms with Crippen LogP contribution in [0, 0.1) is 12.7 Å². The summed E-state index contributed by atoms with van der Waals surface area (Å²) in [4.78, 5) is 11.3. The first-order valence-corrected chi connectivity index (χ1v) is 6.68. The lowest BCUT2D eigenvalue weighted by atomic mass is 10.1. The second-order valence-electron chi connectivity index (χ2n) is 4.95. The van der Waals surface area contributed by atoms with Gasteiger partial charge in [-0.05, 0) is 36.2 Å². The first-order chi connectivity index (χ1) is 10.1. The van der Waals surface area contributed by atoms with Gasteiger partial charge in [-0.25, -0.2) is 4.39 Å². The summed E-state index contributed by atoms with van der Waals surface area (Å²) in [6.07, 6.45) is 0. The van der Waals surface area contributed by atoms with E-state index in [-0.39, 0.29) is 18.3 Å². The smallest absolute Gasteiger partial charge is 0.262 e. The number of carbonyl (C=O) groups is 1. The number of para-hydroxylation sites is 1. The highest BCUT2D eigenvalue weighted by molar-refractivity contribution is 5.95. The van der Waals surface area contributed by atoms with E-state index in [1.54, 1.807) is 12.1 Å². The Morgan fingerprint density at radius 1 is 1.33 bits per heavy atom. The van der Waals surface area contributed by atoms with Crippen molar-refractivity contribution in [1.82, 2.24) is 0 Å². The van der Waals surface area contributed by atoms with E-state index in [9.17, 15) is 9.18 Å². The summed E-state index contributed by atoms with van der Waals surface area (Å²) < 4.78 is 19.0. The van der Waals surface area contributed by atoms with Crippen LogP contribution in [0.3, 0.4) is 0 Å². The summed E-state index contributed by atoms with van der Waals surface area (Å²) in [5.74, 6) is 0.211. The molecule has 0 unspecified atom stereocenters. The van der Waals surface area contributed by atoms with Crippen LogP contribution in [-0.4, -0.2) is 12.5 Å². The van der Waals surface area contributed by atoms with Crippen molar-refractivity contribution < 1.29 is 13.9 Å². The largest absolute Gasteiger partial charge is 0.482 e. The molecule has 21 heavy (non-hydrogen) atoms. The van der Waals surface area contributed by atoms with Crippen LogP contribution >= 0.6 is 0 Å². The molecule has 0 bridgehead atoms. The average Bonchev–Trinajstić information content (AvgIpc) is 2.46. The molecule has 0 aromatic heterocycles. The number of ether oxygens (including phenoxy) is 1. The van der Waals surface area contributed by atoms with Gasteiger partial charge in [0.1, 0.15) is 11.6 Å². The second kappa shape index (κ2) is 5.44. The van der Waals surface area contributed by atoms with Gasteiger partial charge >= 0.3 is 0 Å². The molecule has 0 fully saturated rings. The number of rotatable bonds is 3. The summed E-state index contributed by atoms with van der Waals surface area (Å²) in [6, 6.07) is 10.5. The summed E-state index contributed by atoms with van der Waals surface area (Å²) in [7, 11) is 0. The molecule has 2 aromatic rings. The lowest BCUT2D eigenvalue weighted by molar-refractivity contribution is -0.118. The van der Waals surface area contributed by atoms with Crippen LogP contribution in [-0.2, 0) is 11.3 Å². The number of benzene rings is 2. The fourth-order valence-corrected chi connectivity index (χ4v) is 2.29. The van der Waals surface area contributed by atoms with Crippen molar-refractivity contribution in [1.29, 1.82) is 0 Å². The standard InChI is InChI=1S/C16H15FN2O2/c1-10-3-2-4-12(17)16(10)18-8-11-5-6-14-13(7-11)19-15(20)9-21-14/h2-7,18H,8-9H2,1H3,(H,19,20). The maximum atomic E-state index is 13.7. The number of halogens is 1. The van der Waals surface area contributed by atoms with E-state index in [1.807, 2.05) is 25.1 Å². The number of aryl methyl sites for hydroxylation is 1. The second-order valence-corrected chi connectivity index (χ2v) is 4.95. The van der Waals surface area contributed by atoms with Crippen molar-refractivity contribution in [2.75, 3.05) is 17.2 Å². The van der Waals surface area contributed by atoms with Crippen molar-refractivity contribution in [3.05, 3.63) is 53.3 Å². The van der Waals surface area contributed by atoms with Crippen LogP contribution in [0.4, 0.5) is 15.8 Å². The number of hydrogen-bond donors (Lipinski definition) is 2. The van der Waals surface area contributed by atoms with E-state index in [4.69, 9.17) is 4.74 Å². The molecule has 1 aliphatic rings. The molecule has 0 radical (unpaired) electrons. The number of carbonyl (C=O) groups excluding carboxylic acids is 1. The maximum absolute atomic E-state index is 13.7. The Balaban J connectivity index is 1.77. The van der Waals surface area contributed by atoms with Gasteiger partial charge in [-0.15, -0.1) is 0 Å². The third-order valence-corrected chi connectivity index (χ3v) is 3.37. The topological polar surface area (TPSA) is 50.4 Å². The molecule has 108 valence electrons. The molecule has 3 rings (SSSR count). The molecule has 2 N–H and O–H groups in total. The summed E-state index contributed by atoms with van der Waals surface area (Å²) in [5.41, 5.74) is 2.93. The van der Waals surface area contributed by atoms with Crippen LogP contribution in [0.5, 0.6) is 5.75 Å². The van der Waals surface area contributed by atoms with E-state index >= 15 is 0 Å². The predicted octanol–water partition coefficient (Wildman–Crippen LogP) is 3.08. The highest BCUT2D eigenvalue weighted by Gasteiger charge is 2.15. The minimum Gasteiger partial charge on any atom is -0.482 e. The molecule has 4 nitrogen and oxygen atoms in total. The molecule has 2 aromatic carbocycles. The van der Waals surface area contributed by atoms with Crippen LogP contribution < -0.4 is 15.4 Å². The van der Waals surface area contributed by atoms with E-state index in [0.717, 1.165) is 11.1 Å². The zero-order chi connectivity index (χ0) is 14.8. The van der Waals surface area contributed by atoms with E-state index < -0.39 is 0 Å². The van der Waals surface area contributed by atoms with Crippen molar-refractivity contribution in [3.8, 4) is 5.75 Å². The van der Waals surface area contributed by atoms with E-state index in [2.05, 4.69) is 10.6 Å². The van der Waals surface area contributed by atoms with Gasteiger partial charge in [0, 0.05) is 6.54 Å². The molecule has 1 aliphatic heterocycles. The molecule has 5 heteroatoms. The Bertz CT molecular complexity index is 680. The predicted molar refractivity (Wildman–Crippen MR) is 79.0 cm³/mol. The lowest BCUT2D eigenvalue weighted by Crippen LogP contribution is -2.25. The Hall–Kier alpha value is -2.56. The van der Waals surface area contributed by atoms with Crippen molar-refractivity contribution in [3.63, 3.8) is 0 Å². The SMILES string of the molecule is Cc1cccc(F)c1NCc1ccc2c(c1)NC(=O)CO2. The first-order valence-electron chi connectivity index (χ1n) is 6.68. The molecule has 0 spiro atoms. The lowest BCUT2D eigenvalue weighted by Gasteiger charge is -2.19. The number of amides is 1. The van der Waals surface area contributed by atoms with Crippen molar-refractivity contribution in [2.24, 2.45) is 0 Å². The molecule has 1 amide bonds. The molecule has 0 aliphatic carbocycles. The van der Waals surface area contributed by atoms with Crippen molar-refractivity contribution >= 4 is 17.3 Å². The van der Waals surface area contributed by atoms with Crippen LogP contribution in [0.25, 0.3) is 0 Å². The molecular formula is C16H15FN2O2. The van der Waals surface area contributed by atoms with Crippen molar-refractivity contribution in [2.45, 2.75) is 13.5 Å². The monoisotopic (exact) mass is 286 g/mol. The van der Waals surface area contributed by atoms with E-state index in [0.29, 0.717) is 23.7 Å². The average molecular weight is 286 g/mol. The molecular weight excluding hydrogens is 271 g/mol. The number of hydrogen-bond acceptors (Lipinski definition) is 3. The summed E-state index contributed by atoms with van der Waals surface area (Å²) >= 11 is 0. The molecule has 0 saturated carbocycles. The zero-order valence-electron chi connectivity index (χ0n) is 11.6. The summed E-state index contributed by atoms with van der Waals surface area (Å²) in [5, 5.41) is 5.84. The third-order valence-electron chi connectivity index (χ3n) is 3.37. The molecule has 0 saturated heterocycles.